The van der Waals surface area contributed by atoms with E-state index in [2.05, 4.69) is 4.90 Å². The molecule has 2 heterocycles. The van der Waals surface area contributed by atoms with Crippen molar-refractivity contribution in [1.29, 1.82) is 5.26 Å². The van der Waals surface area contributed by atoms with Gasteiger partial charge in [0.05, 0.1) is 0 Å². The lowest BCUT2D eigenvalue weighted by atomic mass is 10.1. The van der Waals surface area contributed by atoms with E-state index in [9.17, 15) is 20.0 Å². The van der Waals surface area contributed by atoms with Gasteiger partial charge in [0.25, 0.3) is 5.91 Å². The summed E-state index contributed by atoms with van der Waals surface area (Å²) in [6.07, 6.45) is 3.24. The molecule has 7 nitrogen and oxygen atoms in total. The first-order valence-corrected chi connectivity index (χ1v) is 10.1. The molecule has 1 N–H and O–H groups in total. The van der Waals surface area contributed by atoms with E-state index in [1.54, 1.807) is 21.7 Å². The highest BCUT2D eigenvalue weighted by atomic mass is 16.4. The summed E-state index contributed by atoms with van der Waals surface area (Å²) >= 11 is 0. The molecule has 1 amide bonds. The topological polar surface area (TPSA) is 89.6 Å². The van der Waals surface area contributed by atoms with Gasteiger partial charge in [-0.2, -0.15) is 5.26 Å². The SMILES string of the molecule is N#C/C(=C\c1cn(CC(=O)O)c2ccccc12)C(=O)N1CCN(c2ccccc2)CC1. The summed E-state index contributed by atoms with van der Waals surface area (Å²) in [4.78, 5) is 28.1. The zero-order chi connectivity index (χ0) is 21.8. The minimum absolute atomic E-state index is 0.0476. The first-order chi connectivity index (χ1) is 15.1. The van der Waals surface area contributed by atoms with E-state index < -0.39 is 5.97 Å². The predicted molar refractivity (Wildman–Crippen MR) is 118 cm³/mol. The fraction of sp³-hybridized carbons (Fsp3) is 0.208. The number of amides is 1. The van der Waals surface area contributed by atoms with Crippen LogP contribution in [-0.2, 0) is 16.1 Å². The number of benzene rings is 2. The predicted octanol–water partition coefficient (Wildman–Crippen LogP) is 2.98. The van der Waals surface area contributed by atoms with E-state index in [1.807, 2.05) is 60.7 Å². The van der Waals surface area contributed by atoms with E-state index in [4.69, 9.17) is 0 Å². The number of rotatable bonds is 5. The summed E-state index contributed by atoms with van der Waals surface area (Å²) in [6, 6.07) is 19.4. The average Bonchev–Trinajstić information content (AvgIpc) is 3.14. The fourth-order valence-electron chi connectivity index (χ4n) is 3.94. The van der Waals surface area contributed by atoms with Crippen LogP contribution in [0.2, 0.25) is 0 Å². The van der Waals surface area contributed by atoms with Gasteiger partial charge in [-0.15, -0.1) is 0 Å². The molecule has 0 saturated carbocycles. The highest BCUT2D eigenvalue weighted by molar-refractivity contribution is 6.04. The minimum Gasteiger partial charge on any atom is -0.480 e. The number of fused-ring (bicyclic) bond motifs is 1. The largest absolute Gasteiger partial charge is 0.480 e. The van der Waals surface area contributed by atoms with Crippen molar-refractivity contribution in [2.75, 3.05) is 31.1 Å². The third-order valence-corrected chi connectivity index (χ3v) is 5.46. The zero-order valence-corrected chi connectivity index (χ0v) is 16.9. The van der Waals surface area contributed by atoms with Crippen molar-refractivity contribution < 1.29 is 14.7 Å². The maximum absolute atomic E-state index is 13.0. The number of hydrogen-bond donors (Lipinski definition) is 1. The van der Waals surface area contributed by atoms with E-state index in [-0.39, 0.29) is 18.0 Å². The van der Waals surface area contributed by atoms with Crippen LogP contribution in [0.15, 0.2) is 66.4 Å². The molecule has 7 heteroatoms. The second kappa shape index (κ2) is 8.76. The third kappa shape index (κ3) is 4.28. The summed E-state index contributed by atoms with van der Waals surface area (Å²) in [6.45, 7) is 2.28. The Morgan fingerprint density at radius 1 is 1.00 bits per heavy atom. The lowest BCUT2D eigenvalue weighted by Crippen LogP contribution is -2.49. The van der Waals surface area contributed by atoms with Crippen LogP contribution in [0.4, 0.5) is 5.69 Å². The maximum Gasteiger partial charge on any atom is 0.323 e. The van der Waals surface area contributed by atoms with Crippen molar-refractivity contribution in [2.45, 2.75) is 6.54 Å². The number of carboxylic acid groups (broad SMARTS) is 1. The van der Waals surface area contributed by atoms with Crippen LogP contribution < -0.4 is 4.90 Å². The van der Waals surface area contributed by atoms with E-state index in [1.165, 1.54) is 0 Å². The molecule has 1 aromatic heterocycles. The van der Waals surface area contributed by atoms with Crippen LogP contribution in [0.25, 0.3) is 17.0 Å². The minimum atomic E-state index is -0.954. The van der Waals surface area contributed by atoms with Gasteiger partial charge in [0, 0.05) is 54.5 Å². The van der Waals surface area contributed by atoms with Crippen LogP contribution in [0, 0.1) is 11.3 Å². The molecule has 2 aromatic carbocycles. The van der Waals surface area contributed by atoms with E-state index >= 15 is 0 Å². The highest BCUT2D eigenvalue weighted by Gasteiger charge is 2.24. The monoisotopic (exact) mass is 414 g/mol. The van der Waals surface area contributed by atoms with Crippen LogP contribution in [0.5, 0.6) is 0 Å². The number of aliphatic carboxylic acids is 1. The van der Waals surface area contributed by atoms with Gasteiger partial charge in [-0.3, -0.25) is 9.59 Å². The normalized spacial score (nSPS) is 14.5. The van der Waals surface area contributed by atoms with Crippen molar-refractivity contribution in [1.82, 2.24) is 9.47 Å². The van der Waals surface area contributed by atoms with Gasteiger partial charge >= 0.3 is 5.97 Å². The van der Waals surface area contributed by atoms with Crippen molar-refractivity contribution in [3.05, 3.63) is 71.9 Å². The molecule has 0 atom stereocenters. The molecule has 3 aromatic rings. The summed E-state index contributed by atoms with van der Waals surface area (Å²) < 4.78 is 1.61. The molecule has 31 heavy (non-hydrogen) atoms. The molecule has 4 rings (SSSR count). The smallest absolute Gasteiger partial charge is 0.323 e. The van der Waals surface area contributed by atoms with Gasteiger partial charge in [0.2, 0.25) is 0 Å². The number of carbonyl (C=O) groups excluding carboxylic acids is 1. The van der Waals surface area contributed by atoms with E-state index in [0.29, 0.717) is 31.7 Å². The third-order valence-electron chi connectivity index (χ3n) is 5.46. The highest BCUT2D eigenvalue weighted by Crippen LogP contribution is 2.24. The molecule has 1 saturated heterocycles. The van der Waals surface area contributed by atoms with Gasteiger partial charge in [0.15, 0.2) is 0 Å². The molecular weight excluding hydrogens is 392 g/mol. The Bertz CT molecular complexity index is 1180. The molecule has 1 fully saturated rings. The molecule has 0 aliphatic carbocycles. The second-order valence-corrected chi connectivity index (χ2v) is 7.41. The average molecular weight is 414 g/mol. The first kappa shape index (κ1) is 20.2. The summed E-state index contributed by atoms with van der Waals surface area (Å²) in [7, 11) is 0. The van der Waals surface area contributed by atoms with Crippen LogP contribution >= 0.6 is 0 Å². The van der Waals surface area contributed by atoms with Gasteiger partial charge in [0.1, 0.15) is 18.2 Å². The van der Waals surface area contributed by atoms with E-state index in [0.717, 1.165) is 16.6 Å². The van der Waals surface area contributed by atoms with Crippen LogP contribution in [-0.4, -0.2) is 52.6 Å². The Labute approximate surface area is 180 Å². The Hall–Kier alpha value is -4.05. The molecule has 0 bridgehead atoms. The standard InChI is InChI=1S/C24H22N4O3/c25-15-18(14-19-16-28(17-23(29)30)22-9-5-4-8-21(19)22)24(31)27-12-10-26(11-13-27)20-6-2-1-3-7-20/h1-9,14,16H,10-13,17H2,(H,29,30)/b18-14+. The van der Waals surface area contributed by atoms with Crippen LogP contribution in [0.1, 0.15) is 5.56 Å². The van der Waals surface area contributed by atoms with Crippen molar-refractivity contribution in [2.24, 2.45) is 0 Å². The Morgan fingerprint density at radius 2 is 1.68 bits per heavy atom. The summed E-state index contributed by atoms with van der Waals surface area (Å²) in [5.74, 6) is -1.26. The molecule has 156 valence electrons. The molecule has 1 aliphatic rings. The zero-order valence-electron chi connectivity index (χ0n) is 16.9. The number of hydrogen-bond acceptors (Lipinski definition) is 4. The number of piperazine rings is 1. The summed E-state index contributed by atoms with van der Waals surface area (Å²) in [5.41, 5.74) is 2.57. The summed E-state index contributed by atoms with van der Waals surface area (Å²) in [5, 5.41) is 19.6. The van der Waals surface area contributed by atoms with Crippen molar-refractivity contribution >= 4 is 34.5 Å². The number of para-hydroxylation sites is 2. The second-order valence-electron chi connectivity index (χ2n) is 7.41. The van der Waals surface area contributed by atoms with Crippen LogP contribution in [0.3, 0.4) is 0 Å². The van der Waals surface area contributed by atoms with Gasteiger partial charge in [-0.25, -0.2) is 0 Å². The quantitative estimate of drug-likeness (QED) is 0.512. The fourth-order valence-corrected chi connectivity index (χ4v) is 3.94. The molecule has 1 aliphatic heterocycles. The van der Waals surface area contributed by atoms with Crippen molar-refractivity contribution in [3.63, 3.8) is 0 Å². The number of nitrogens with zero attached hydrogens (tertiary/aromatic N) is 4. The lowest BCUT2D eigenvalue weighted by molar-refractivity contribution is -0.137. The number of carboxylic acids is 1. The van der Waals surface area contributed by atoms with Gasteiger partial charge in [-0.05, 0) is 24.3 Å². The Morgan fingerprint density at radius 3 is 2.35 bits per heavy atom. The number of anilines is 1. The molecule has 0 spiro atoms. The Kier molecular flexibility index (Phi) is 5.72. The molecule has 0 unspecified atom stereocenters. The number of nitriles is 1. The maximum atomic E-state index is 13.0. The Balaban J connectivity index is 1.55. The van der Waals surface area contributed by atoms with Crippen molar-refractivity contribution in [3.8, 4) is 6.07 Å². The number of carbonyl (C=O) groups is 2. The first-order valence-electron chi connectivity index (χ1n) is 10.1. The lowest BCUT2D eigenvalue weighted by Gasteiger charge is -2.36. The molecular formula is C24H22N4O3. The van der Waals surface area contributed by atoms with Gasteiger partial charge < -0.3 is 19.5 Å². The number of aromatic nitrogens is 1. The molecule has 0 radical (unpaired) electrons. The van der Waals surface area contributed by atoms with Gasteiger partial charge in [-0.1, -0.05) is 36.4 Å².